The number of nitrogens with zero attached hydrogens (tertiary/aromatic N) is 2. The average molecular weight is 267 g/mol. The quantitative estimate of drug-likeness (QED) is 0.909. The summed E-state index contributed by atoms with van der Waals surface area (Å²) in [7, 11) is 3.99. The fourth-order valence-electron chi connectivity index (χ4n) is 2.62. The van der Waals surface area contributed by atoms with Gasteiger partial charge in [0.15, 0.2) is 0 Å². The van der Waals surface area contributed by atoms with E-state index >= 15 is 0 Å². The van der Waals surface area contributed by atoms with Crippen LogP contribution < -0.4 is 10.2 Å². The number of carbonyl (C=O) groups excluding carboxylic acids is 1. The van der Waals surface area contributed by atoms with Crippen LogP contribution in [0.4, 0.5) is 11.4 Å². The molecule has 0 saturated heterocycles. The lowest BCUT2D eigenvalue weighted by Gasteiger charge is -2.27. The Morgan fingerprint density at radius 2 is 1.95 bits per heavy atom. The van der Waals surface area contributed by atoms with Gasteiger partial charge in [-0.1, -0.05) is 6.07 Å². The van der Waals surface area contributed by atoms with Crippen molar-refractivity contribution in [3.63, 3.8) is 0 Å². The molecule has 20 heavy (non-hydrogen) atoms. The second kappa shape index (κ2) is 4.96. The minimum atomic E-state index is 0.0650. The van der Waals surface area contributed by atoms with Gasteiger partial charge in [-0.05, 0) is 35.4 Å². The van der Waals surface area contributed by atoms with Crippen molar-refractivity contribution in [2.24, 2.45) is 0 Å². The van der Waals surface area contributed by atoms with Gasteiger partial charge in [0, 0.05) is 50.2 Å². The van der Waals surface area contributed by atoms with Crippen LogP contribution in [0.1, 0.15) is 23.5 Å². The van der Waals surface area contributed by atoms with E-state index in [-0.39, 0.29) is 11.8 Å². The van der Waals surface area contributed by atoms with Crippen molar-refractivity contribution in [3.8, 4) is 0 Å². The highest BCUT2D eigenvalue weighted by molar-refractivity contribution is 5.96. The Labute approximate surface area is 118 Å². The van der Waals surface area contributed by atoms with Gasteiger partial charge in [-0.3, -0.25) is 9.78 Å². The summed E-state index contributed by atoms with van der Waals surface area (Å²) in [6.45, 7) is 0. The van der Waals surface area contributed by atoms with Crippen LogP contribution in [0.25, 0.3) is 0 Å². The molecule has 3 rings (SSSR count). The number of rotatable bonds is 2. The van der Waals surface area contributed by atoms with Gasteiger partial charge in [0.05, 0.1) is 0 Å². The minimum absolute atomic E-state index is 0.0650. The van der Waals surface area contributed by atoms with Gasteiger partial charge in [0.1, 0.15) is 0 Å². The SMILES string of the molecule is CN(C)c1ccc2c(c1)NC(=O)CC2c1ccncc1. The first-order valence-corrected chi connectivity index (χ1v) is 6.66. The Kier molecular flexibility index (Phi) is 3.14. The highest BCUT2D eigenvalue weighted by atomic mass is 16.1. The van der Waals surface area contributed by atoms with E-state index in [1.165, 1.54) is 5.56 Å². The summed E-state index contributed by atoms with van der Waals surface area (Å²) in [4.78, 5) is 18.0. The van der Waals surface area contributed by atoms with Crippen LogP contribution >= 0.6 is 0 Å². The molecule has 1 atom stereocenters. The first-order valence-electron chi connectivity index (χ1n) is 6.66. The molecule has 4 nitrogen and oxygen atoms in total. The van der Waals surface area contributed by atoms with Crippen LogP contribution in [0.2, 0.25) is 0 Å². The number of fused-ring (bicyclic) bond motifs is 1. The first kappa shape index (κ1) is 12.7. The largest absolute Gasteiger partial charge is 0.378 e. The molecule has 102 valence electrons. The van der Waals surface area contributed by atoms with Crippen LogP contribution in [-0.4, -0.2) is 25.0 Å². The molecule has 0 aliphatic carbocycles. The number of anilines is 2. The molecule has 2 aromatic rings. The van der Waals surface area contributed by atoms with Crippen LogP contribution in [0.3, 0.4) is 0 Å². The molecule has 1 aromatic carbocycles. The lowest BCUT2D eigenvalue weighted by Crippen LogP contribution is -2.24. The molecular formula is C16H17N3O. The zero-order chi connectivity index (χ0) is 14.1. The summed E-state index contributed by atoms with van der Waals surface area (Å²) < 4.78 is 0. The summed E-state index contributed by atoms with van der Waals surface area (Å²) >= 11 is 0. The van der Waals surface area contributed by atoms with Crippen LogP contribution in [0, 0.1) is 0 Å². The molecule has 0 fully saturated rings. The van der Waals surface area contributed by atoms with Crippen molar-refractivity contribution in [1.29, 1.82) is 0 Å². The monoisotopic (exact) mass is 267 g/mol. The predicted octanol–water partition coefficient (Wildman–Crippen LogP) is 2.62. The van der Waals surface area contributed by atoms with Gasteiger partial charge in [-0.25, -0.2) is 0 Å². The second-order valence-electron chi connectivity index (χ2n) is 5.25. The van der Waals surface area contributed by atoms with Crippen molar-refractivity contribution in [2.45, 2.75) is 12.3 Å². The summed E-state index contributed by atoms with van der Waals surface area (Å²) in [6, 6.07) is 10.2. The Bertz CT molecular complexity index is 637. The molecule has 1 aliphatic rings. The topological polar surface area (TPSA) is 45.2 Å². The lowest BCUT2D eigenvalue weighted by atomic mass is 9.85. The van der Waals surface area contributed by atoms with Crippen LogP contribution in [-0.2, 0) is 4.79 Å². The van der Waals surface area contributed by atoms with E-state index in [2.05, 4.69) is 22.4 Å². The van der Waals surface area contributed by atoms with E-state index in [0.29, 0.717) is 6.42 Å². The zero-order valence-electron chi connectivity index (χ0n) is 11.6. The average Bonchev–Trinajstić information content (AvgIpc) is 2.46. The molecule has 0 spiro atoms. The molecule has 1 amide bonds. The van der Waals surface area contributed by atoms with Crippen LogP contribution in [0.5, 0.6) is 0 Å². The summed E-state index contributed by atoms with van der Waals surface area (Å²) in [6.07, 6.45) is 4.03. The third-order valence-electron chi connectivity index (χ3n) is 3.70. The number of aromatic nitrogens is 1. The van der Waals surface area contributed by atoms with Crippen LogP contribution in [0.15, 0.2) is 42.7 Å². The fourth-order valence-corrected chi connectivity index (χ4v) is 2.62. The van der Waals surface area contributed by atoms with Gasteiger partial charge in [0.25, 0.3) is 0 Å². The molecule has 0 radical (unpaired) electrons. The molecule has 2 heterocycles. The maximum absolute atomic E-state index is 12.0. The highest BCUT2D eigenvalue weighted by Crippen LogP contribution is 2.38. The molecule has 0 saturated carbocycles. The molecule has 1 N–H and O–H groups in total. The summed E-state index contributed by atoms with van der Waals surface area (Å²) in [5.74, 6) is 0.174. The van der Waals surface area contributed by atoms with Gasteiger partial charge < -0.3 is 10.2 Å². The first-order chi connectivity index (χ1) is 9.65. The molecule has 4 heteroatoms. The zero-order valence-corrected chi connectivity index (χ0v) is 11.6. The highest BCUT2D eigenvalue weighted by Gasteiger charge is 2.26. The van der Waals surface area contributed by atoms with E-state index in [1.807, 2.05) is 37.2 Å². The van der Waals surface area contributed by atoms with Gasteiger partial charge in [0.2, 0.25) is 5.91 Å². The van der Waals surface area contributed by atoms with Gasteiger partial charge >= 0.3 is 0 Å². The Morgan fingerprint density at radius 1 is 1.20 bits per heavy atom. The van der Waals surface area contributed by atoms with Crippen molar-refractivity contribution < 1.29 is 4.79 Å². The molecule has 0 bridgehead atoms. The molecule has 1 aromatic heterocycles. The number of hydrogen-bond donors (Lipinski definition) is 1. The summed E-state index contributed by atoms with van der Waals surface area (Å²) in [5.41, 5.74) is 4.30. The van der Waals surface area contributed by atoms with E-state index < -0.39 is 0 Å². The van der Waals surface area contributed by atoms with E-state index in [4.69, 9.17) is 0 Å². The van der Waals surface area contributed by atoms with Crippen molar-refractivity contribution in [1.82, 2.24) is 4.98 Å². The fraction of sp³-hybridized carbons (Fsp3) is 0.250. The Balaban J connectivity index is 2.07. The molecular weight excluding hydrogens is 250 g/mol. The van der Waals surface area contributed by atoms with Crippen molar-refractivity contribution in [3.05, 3.63) is 53.9 Å². The third-order valence-corrected chi connectivity index (χ3v) is 3.70. The number of pyridine rings is 1. The maximum Gasteiger partial charge on any atom is 0.225 e. The van der Waals surface area contributed by atoms with E-state index in [9.17, 15) is 4.79 Å². The minimum Gasteiger partial charge on any atom is -0.378 e. The third kappa shape index (κ3) is 2.25. The lowest BCUT2D eigenvalue weighted by molar-refractivity contribution is -0.116. The Hall–Kier alpha value is -2.36. The van der Waals surface area contributed by atoms with Gasteiger partial charge in [-0.2, -0.15) is 0 Å². The number of benzene rings is 1. The molecule has 1 aliphatic heterocycles. The van der Waals surface area contributed by atoms with Gasteiger partial charge in [-0.15, -0.1) is 0 Å². The van der Waals surface area contributed by atoms with Crippen molar-refractivity contribution in [2.75, 3.05) is 24.3 Å². The number of carbonyl (C=O) groups is 1. The van der Waals surface area contributed by atoms with E-state index in [0.717, 1.165) is 16.9 Å². The van der Waals surface area contributed by atoms with E-state index in [1.54, 1.807) is 12.4 Å². The maximum atomic E-state index is 12.0. The predicted molar refractivity (Wildman–Crippen MR) is 80.1 cm³/mol. The summed E-state index contributed by atoms with van der Waals surface area (Å²) in [5, 5.41) is 2.97. The number of amides is 1. The second-order valence-corrected chi connectivity index (χ2v) is 5.25. The normalized spacial score (nSPS) is 17.3. The standard InChI is InChI=1S/C16H17N3O/c1-19(2)12-3-4-13-14(11-5-7-17-8-6-11)10-16(20)18-15(13)9-12/h3-9,14H,10H2,1-2H3,(H,18,20). The Morgan fingerprint density at radius 3 is 2.65 bits per heavy atom. The number of hydrogen-bond acceptors (Lipinski definition) is 3. The van der Waals surface area contributed by atoms with Crippen molar-refractivity contribution >= 4 is 17.3 Å². The number of nitrogens with one attached hydrogen (secondary N) is 1. The smallest absolute Gasteiger partial charge is 0.225 e. The molecule has 1 unspecified atom stereocenters.